The van der Waals surface area contributed by atoms with Gasteiger partial charge in [-0.15, -0.1) is 0 Å². The van der Waals surface area contributed by atoms with E-state index in [0.29, 0.717) is 44.9 Å². The van der Waals surface area contributed by atoms with Crippen molar-refractivity contribution in [2.75, 3.05) is 39.6 Å². The van der Waals surface area contributed by atoms with Gasteiger partial charge >= 0.3 is 39.5 Å². The molecule has 0 aliphatic heterocycles. The zero-order chi connectivity index (χ0) is 80.3. The molecule has 0 spiro atoms. The zero-order valence-electron chi connectivity index (χ0n) is 68.1. The van der Waals surface area contributed by atoms with Crippen LogP contribution in [0.1, 0.15) is 297 Å². The molecule has 3 N–H and O–H groups in total. The lowest BCUT2D eigenvalue weighted by atomic mass is 10.0. The minimum absolute atomic E-state index is 0.0127. The summed E-state index contributed by atoms with van der Waals surface area (Å²) in [5.41, 5.74) is 0. The third kappa shape index (κ3) is 80.0. The first kappa shape index (κ1) is 104. The first-order valence-electron chi connectivity index (χ1n) is 41.7. The number of ether oxygens (including phenoxy) is 4. The highest BCUT2D eigenvalue weighted by atomic mass is 31.2. The van der Waals surface area contributed by atoms with E-state index in [4.69, 9.17) is 37.0 Å². The summed E-state index contributed by atoms with van der Waals surface area (Å²) in [6.07, 6.45) is 100. The van der Waals surface area contributed by atoms with Crippen molar-refractivity contribution in [3.05, 3.63) is 194 Å². The maximum atomic E-state index is 13.1. The SMILES string of the molecule is CC/C=C\C/C=C\C/C=C\C/C=C\C/C=C\C/C=C\CCC(=O)O[C@H](COC(=O)CC/C=C\C/C=C\C/C=C\C/C=C\C/C=C\CCCCC)COP(=O)(O)OC[C@@H](O)COP(=O)(O)OC[C@@H](COC(=O)CCCCCCCCCCCCCCC)OC(=O)CC/C=C\C/C=C\C/C=C\C/C=C\C/C=C\CCCCC. The van der Waals surface area contributed by atoms with Gasteiger partial charge in [-0.2, -0.15) is 0 Å². The number of phosphoric acid groups is 2. The largest absolute Gasteiger partial charge is 0.472 e. The Hall–Kier alpha value is -6.10. The van der Waals surface area contributed by atoms with Gasteiger partial charge in [0, 0.05) is 25.7 Å². The fourth-order valence-electron chi connectivity index (χ4n) is 10.3. The first-order valence-corrected chi connectivity index (χ1v) is 44.7. The van der Waals surface area contributed by atoms with E-state index >= 15 is 0 Å². The molecule has 622 valence electrons. The third-order valence-corrected chi connectivity index (χ3v) is 18.5. The van der Waals surface area contributed by atoms with E-state index in [2.05, 4.69) is 167 Å². The molecule has 0 aromatic carbocycles. The molecule has 0 rings (SSSR count). The maximum Gasteiger partial charge on any atom is 0.472 e. The van der Waals surface area contributed by atoms with Crippen molar-refractivity contribution in [1.82, 2.24) is 0 Å². The summed E-state index contributed by atoms with van der Waals surface area (Å²) in [5, 5.41) is 10.7. The Labute approximate surface area is 666 Å². The zero-order valence-corrected chi connectivity index (χ0v) is 69.9. The van der Waals surface area contributed by atoms with Crippen molar-refractivity contribution < 1.29 is 80.2 Å². The second-order valence-electron chi connectivity index (χ2n) is 27.0. The van der Waals surface area contributed by atoms with Crippen LogP contribution in [-0.2, 0) is 65.4 Å². The summed E-state index contributed by atoms with van der Waals surface area (Å²) >= 11 is 0. The van der Waals surface area contributed by atoms with Crippen LogP contribution < -0.4 is 0 Å². The van der Waals surface area contributed by atoms with Crippen molar-refractivity contribution in [2.24, 2.45) is 0 Å². The van der Waals surface area contributed by atoms with Gasteiger partial charge in [-0.05, 0) is 141 Å². The minimum Gasteiger partial charge on any atom is -0.462 e. The quantitative estimate of drug-likeness (QED) is 0.0169. The molecule has 0 heterocycles. The molecule has 0 aliphatic rings. The molecule has 0 aromatic rings. The van der Waals surface area contributed by atoms with Gasteiger partial charge in [0.05, 0.1) is 26.4 Å². The number of allylic oxidation sites excluding steroid dienone is 32. The van der Waals surface area contributed by atoms with E-state index < -0.39 is 97.5 Å². The van der Waals surface area contributed by atoms with Crippen molar-refractivity contribution in [2.45, 2.75) is 316 Å². The van der Waals surface area contributed by atoms with Crippen LogP contribution in [0.5, 0.6) is 0 Å². The van der Waals surface area contributed by atoms with Crippen molar-refractivity contribution in [3.8, 4) is 0 Å². The normalized spacial score (nSPS) is 14.8. The number of carbonyl (C=O) groups excluding carboxylic acids is 4. The number of carbonyl (C=O) groups is 4. The molecular formula is C91H146O17P2. The van der Waals surface area contributed by atoms with Crippen LogP contribution in [0.25, 0.3) is 0 Å². The molecule has 17 nitrogen and oxygen atoms in total. The Morgan fingerprint density at radius 1 is 0.264 bits per heavy atom. The highest BCUT2D eigenvalue weighted by Gasteiger charge is 2.30. The molecule has 0 bridgehead atoms. The number of aliphatic hydroxyl groups is 1. The number of unbranched alkanes of at least 4 members (excludes halogenated alkanes) is 18. The van der Waals surface area contributed by atoms with Gasteiger partial charge in [0.15, 0.2) is 12.2 Å². The highest BCUT2D eigenvalue weighted by Crippen LogP contribution is 2.45. The molecule has 0 saturated carbocycles. The molecule has 110 heavy (non-hydrogen) atoms. The fraction of sp³-hybridized carbons (Fsp3) is 0.604. The predicted molar refractivity (Wildman–Crippen MR) is 454 cm³/mol. The molecule has 0 aliphatic carbocycles. The van der Waals surface area contributed by atoms with E-state index in [1.54, 1.807) is 0 Å². The van der Waals surface area contributed by atoms with Gasteiger partial charge in [0.25, 0.3) is 0 Å². The highest BCUT2D eigenvalue weighted by molar-refractivity contribution is 7.47. The van der Waals surface area contributed by atoms with Crippen LogP contribution in [0.4, 0.5) is 0 Å². The summed E-state index contributed by atoms with van der Waals surface area (Å²) < 4.78 is 68.4. The summed E-state index contributed by atoms with van der Waals surface area (Å²) in [6.45, 7) is 4.44. The molecule has 0 aromatic heterocycles. The maximum absolute atomic E-state index is 13.1. The van der Waals surface area contributed by atoms with E-state index in [-0.39, 0.29) is 25.7 Å². The second kappa shape index (κ2) is 80.9. The first-order chi connectivity index (χ1) is 53.7. The Morgan fingerprint density at radius 3 is 0.782 bits per heavy atom. The average molecular weight is 1570 g/mol. The topological polar surface area (TPSA) is 237 Å². The van der Waals surface area contributed by atoms with E-state index in [1.165, 1.54) is 89.9 Å². The number of hydrogen-bond donors (Lipinski definition) is 3. The van der Waals surface area contributed by atoms with Crippen LogP contribution >= 0.6 is 15.6 Å². The Kier molecular flexibility index (Phi) is 76.4. The van der Waals surface area contributed by atoms with E-state index in [9.17, 15) is 43.2 Å². The molecule has 0 saturated heterocycles. The van der Waals surface area contributed by atoms with Gasteiger partial charge in [0.2, 0.25) is 0 Å². The second-order valence-corrected chi connectivity index (χ2v) is 29.9. The smallest absolute Gasteiger partial charge is 0.462 e. The van der Waals surface area contributed by atoms with E-state index in [1.807, 2.05) is 54.7 Å². The standard InChI is InChI=1S/C91H146O17P2/c1-5-9-13-17-21-25-29-33-36-39-42-45-48-52-56-60-64-68-72-76-89(94)102-82-87(108-91(96)78-74-70-66-62-58-54-50-47-44-41-38-35-31-27-23-19-15-11-7-3)84-106-110(99,100)104-80-85(92)79-103-109(97,98)105-83-86(81-101-88(93)75-71-67-63-59-55-51-32-28-24-20-16-12-8-4)107-90(95)77-73-69-65-61-57-53-49-46-43-40-37-34-30-26-22-18-14-10-6-2/h11,15,21-23,25-27,33-38,42-47,52-54,56-58,64-66,68-70,85-87,92H,5-10,12-14,16-20,24,28-32,39-41,48-51,55,59-63,67,71-84H2,1-4H3,(H,97,98)(H,99,100)/b15-11-,25-21-,26-22-,27-23-,36-33-,37-34-,38-35-,45-42-,46-43-,47-44-,56-52-,57-53-,58-54-,68-64-,69-65-,70-66-/t85-,86+,87+/m0/s1. The lowest BCUT2D eigenvalue weighted by Crippen LogP contribution is -2.30. The van der Waals surface area contributed by atoms with Crippen LogP contribution in [0.15, 0.2) is 194 Å². The summed E-state index contributed by atoms with van der Waals surface area (Å²) in [5.74, 6) is -2.48. The van der Waals surface area contributed by atoms with Gasteiger partial charge < -0.3 is 33.8 Å². The summed E-state index contributed by atoms with van der Waals surface area (Å²) in [6, 6.07) is 0. The van der Waals surface area contributed by atoms with Gasteiger partial charge in [-0.25, -0.2) is 9.13 Å². The number of esters is 4. The van der Waals surface area contributed by atoms with Crippen molar-refractivity contribution >= 4 is 39.5 Å². The monoisotopic (exact) mass is 1570 g/mol. The Bertz CT molecular complexity index is 2850. The predicted octanol–water partition coefficient (Wildman–Crippen LogP) is 24.9. The number of phosphoric ester groups is 2. The lowest BCUT2D eigenvalue weighted by molar-refractivity contribution is -0.161. The lowest BCUT2D eigenvalue weighted by Gasteiger charge is -2.21. The molecule has 5 atom stereocenters. The number of rotatable bonds is 76. The van der Waals surface area contributed by atoms with E-state index in [0.717, 1.165) is 109 Å². The summed E-state index contributed by atoms with van der Waals surface area (Å²) in [7, 11) is -10.0. The number of hydrogen-bond acceptors (Lipinski definition) is 15. The Morgan fingerprint density at radius 2 is 0.491 bits per heavy atom. The third-order valence-electron chi connectivity index (χ3n) is 16.6. The van der Waals surface area contributed by atoms with Crippen LogP contribution in [0.2, 0.25) is 0 Å². The van der Waals surface area contributed by atoms with Gasteiger partial charge in [0.1, 0.15) is 19.3 Å². The molecule has 2 unspecified atom stereocenters. The van der Waals surface area contributed by atoms with Crippen molar-refractivity contribution in [3.63, 3.8) is 0 Å². The van der Waals surface area contributed by atoms with Crippen LogP contribution in [-0.4, -0.2) is 96.7 Å². The minimum atomic E-state index is -5.03. The molecule has 19 heteroatoms. The Balaban J connectivity index is 5.59. The van der Waals surface area contributed by atoms with Gasteiger partial charge in [-0.1, -0.05) is 325 Å². The van der Waals surface area contributed by atoms with Gasteiger partial charge in [-0.3, -0.25) is 37.3 Å². The van der Waals surface area contributed by atoms with Crippen LogP contribution in [0.3, 0.4) is 0 Å². The molecule has 0 amide bonds. The molecular weight excluding hydrogens is 1430 g/mol. The van der Waals surface area contributed by atoms with Crippen molar-refractivity contribution in [1.29, 1.82) is 0 Å². The molecule has 0 radical (unpaired) electrons. The average Bonchev–Trinajstić information content (AvgIpc) is 0.905. The van der Waals surface area contributed by atoms with Crippen LogP contribution in [0, 0.1) is 0 Å². The number of aliphatic hydroxyl groups excluding tert-OH is 1. The summed E-state index contributed by atoms with van der Waals surface area (Å²) in [4.78, 5) is 73.1. The molecule has 0 fully saturated rings. The fourth-order valence-corrected chi connectivity index (χ4v) is 11.8.